The Morgan fingerprint density at radius 2 is 1.56 bits per heavy atom. The summed E-state index contributed by atoms with van der Waals surface area (Å²) < 4.78 is 95.7. The number of carbonyl (C=O) groups is 3. The van der Waals surface area contributed by atoms with Crippen molar-refractivity contribution >= 4 is 17.8 Å². The summed E-state index contributed by atoms with van der Waals surface area (Å²) in [6.07, 6.45) is -5.19. The van der Waals surface area contributed by atoms with Crippen molar-refractivity contribution in [2.75, 3.05) is 19.6 Å². The molecule has 2 aliphatic heterocycles. The van der Waals surface area contributed by atoms with Gasteiger partial charge in [0.25, 0.3) is 11.8 Å². The van der Waals surface area contributed by atoms with Crippen LogP contribution in [-0.2, 0) is 27.5 Å². The number of alkyl halides is 6. The van der Waals surface area contributed by atoms with Crippen molar-refractivity contribution in [3.63, 3.8) is 0 Å². The largest absolute Gasteiger partial charge is 0.490 e. The van der Waals surface area contributed by atoms with Crippen LogP contribution in [0.2, 0.25) is 0 Å². The molecule has 1 saturated carbocycles. The summed E-state index contributed by atoms with van der Waals surface area (Å²) in [6, 6.07) is 11.4. The van der Waals surface area contributed by atoms with Gasteiger partial charge in [-0.3, -0.25) is 19.4 Å². The number of para-hydroxylation sites is 1. The smallest absolute Gasteiger partial charge is 0.418 e. The fraction of sp³-hybridized carbons (Fsp3) is 0.535. The van der Waals surface area contributed by atoms with Crippen molar-refractivity contribution in [3.8, 4) is 11.5 Å². The minimum atomic E-state index is -4.91. The van der Waals surface area contributed by atoms with Crippen LogP contribution in [0.5, 0.6) is 11.5 Å². The average molecular weight is 834 g/mol. The lowest BCUT2D eigenvalue weighted by molar-refractivity contribution is -0.163. The maximum Gasteiger partial charge on any atom is 0.418 e. The Labute approximate surface area is 338 Å². The Hall–Kier alpha value is -4.86. The summed E-state index contributed by atoms with van der Waals surface area (Å²) in [4.78, 5) is 47.5. The molecule has 6 rings (SSSR count). The molecule has 2 N–H and O–H groups in total. The van der Waals surface area contributed by atoms with Gasteiger partial charge in [0.2, 0.25) is 5.60 Å². The molecule has 2 amide bonds. The first-order valence-electron chi connectivity index (χ1n) is 20.0. The summed E-state index contributed by atoms with van der Waals surface area (Å²) in [7, 11) is 0. The van der Waals surface area contributed by atoms with E-state index in [0.717, 1.165) is 49.0 Å². The Kier molecular flexibility index (Phi) is 12.6. The standard InChI is InChI=1S/C43H49F6N3O7/c1-3-9-34-41(59-30-15-13-29(14-16-30)42(44,45)46,20-8-25-52(34)36(53)35-32(43(47,48)49)11-6-24-50-35)37(54)51-26-22-40(57,23-27-51)31-10-4-5-12-33(31)58-28(2)17-21-39(38(55)56)18-7-19-39/h4-6,10-16,24,28,34,57H,3,7-9,17-23,25-27H2,1-2H3,(H,55,56)/t28?,34-,41+/m1/s1. The van der Waals surface area contributed by atoms with Gasteiger partial charge >= 0.3 is 18.3 Å². The normalized spacial score (nSPS) is 22.2. The van der Waals surface area contributed by atoms with Gasteiger partial charge in [0.1, 0.15) is 17.2 Å². The van der Waals surface area contributed by atoms with Gasteiger partial charge in [-0.05, 0) is 101 Å². The molecule has 3 aliphatic rings. The van der Waals surface area contributed by atoms with Gasteiger partial charge in [0.05, 0.1) is 34.3 Å². The highest BCUT2D eigenvalue weighted by atomic mass is 19.4. The molecule has 3 atom stereocenters. The molecule has 0 radical (unpaired) electrons. The second-order valence-corrected chi connectivity index (χ2v) is 16.0. The maximum absolute atomic E-state index is 15.1. The number of halogens is 6. The monoisotopic (exact) mass is 833 g/mol. The van der Waals surface area contributed by atoms with Gasteiger partial charge in [0.15, 0.2) is 0 Å². The van der Waals surface area contributed by atoms with Crippen molar-refractivity contribution in [2.24, 2.45) is 5.41 Å². The fourth-order valence-corrected chi connectivity index (χ4v) is 8.77. The number of aromatic nitrogens is 1. The second kappa shape index (κ2) is 17.0. The number of hydrogen-bond donors (Lipinski definition) is 2. The Bertz CT molecular complexity index is 1980. The lowest BCUT2D eigenvalue weighted by atomic mass is 9.66. The van der Waals surface area contributed by atoms with Crippen LogP contribution in [0.1, 0.15) is 112 Å². The van der Waals surface area contributed by atoms with Crippen molar-refractivity contribution in [2.45, 2.75) is 120 Å². The van der Waals surface area contributed by atoms with E-state index in [1.165, 1.54) is 9.80 Å². The summed E-state index contributed by atoms with van der Waals surface area (Å²) >= 11 is 0. The average Bonchev–Trinajstić information content (AvgIpc) is 3.17. The van der Waals surface area contributed by atoms with E-state index >= 15 is 4.79 Å². The summed E-state index contributed by atoms with van der Waals surface area (Å²) in [6.45, 7) is 3.56. The van der Waals surface area contributed by atoms with Crippen LogP contribution in [0.25, 0.3) is 0 Å². The number of aliphatic hydroxyl groups is 1. The van der Waals surface area contributed by atoms with Crippen LogP contribution < -0.4 is 9.47 Å². The number of pyridine rings is 1. The van der Waals surface area contributed by atoms with Crippen molar-refractivity contribution in [1.29, 1.82) is 0 Å². The van der Waals surface area contributed by atoms with Gasteiger partial charge in [-0.1, -0.05) is 38.0 Å². The third-order valence-electron chi connectivity index (χ3n) is 12.2. The molecule has 2 saturated heterocycles. The summed E-state index contributed by atoms with van der Waals surface area (Å²) in [5.41, 5.74) is -6.70. The number of ether oxygens (including phenoxy) is 2. The second-order valence-electron chi connectivity index (χ2n) is 16.0. The Balaban J connectivity index is 1.28. The zero-order valence-corrected chi connectivity index (χ0v) is 33.0. The molecule has 0 bridgehead atoms. The van der Waals surface area contributed by atoms with Gasteiger partial charge in [-0.2, -0.15) is 26.3 Å². The summed E-state index contributed by atoms with van der Waals surface area (Å²) in [5, 5.41) is 21.9. The van der Waals surface area contributed by atoms with E-state index in [9.17, 15) is 46.1 Å². The number of rotatable bonds is 13. The summed E-state index contributed by atoms with van der Waals surface area (Å²) in [5.74, 6) is -2.17. The molecule has 3 aromatic rings. The van der Waals surface area contributed by atoms with E-state index in [0.29, 0.717) is 43.4 Å². The molecule has 59 heavy (non-hydrogen) atoms. The van der Waals surface area contributed by atoms with E-state index in [4.69, 9.17) is 9.47 Å². The van der Waals surface area contributed by atoms with E-state index in [-0.39, 0.29) is 63.6 Å². The van der Waals surface area contributed by atoms with Crippen LogP contribution in [0, 0.1) is 5.41 Å². The highest BCUT2D eigenvalue weighted by molar-refractivity contribution is 5.96. The molecule has 0 spiro atoms. The third kappa shape index (κ3) is 9.02. The lowest BCUT2D eigenvalue weighted by Crippen LogP contribution is -2.68. The molecule has 10 nitrogen and oxygen atoms in total. The molecular weight excluding hydrogens is 784 g/mol. The number of carboxylic acids is 1. The number of hydrogen-bond acceptors (Lipinski definition) is 7. The minimum Gasteiger partial charge on any atom is -0.490 e. The van der Waals surface area contributed by atoms with Crippen molar-refractivity contribution in [3.05, 3.63) is 89.2 Å². The number of carbonyl (C=O) groups excluding carboxylic acids is 2. The molecule has 1 unspecified atom stereocenters. The van der Waals surface area contributed by atoms with Crippen LogP contribution in [-0.4, -0.2) is 80.2 Å². The fourth-order valence-electron chi connectivity index (χ4n) is 8.77. The van der Waals surface area contributed by atoms with E-state index < -0.39 is 69.6 Å². The van der Waals surface area contributed by atoms with E-state index in [1.54, 1.807) is 31.2 Å². The predicted molar refractivity (Wildman–Crippen MR) is 202 cm³/mol. The Morgan fingerprint density at radius 1 is 0.881 bits per heavy atom. The molecular formula is C43H49F6N3O7. The number of carboxylic acid groups (broad SMARTS) is 1. The number of benzene rings is 2. The predicted octanol–water partition coefficient (Wildman–Crippen LogP) is 8.65. The minimum absolute atomic E-state index is 0.00581. The topological polar surface area (TPSA) is 130 Å². The first-order valence-corrected chi connectivity index (χ1v) is 20.0. The number of aliphatic carboxylic acids is 1. The first-order chi connectivity index (χ1) is 27.8. The molecule has 3 fully saturated rings. The lowest BCUT2D eigenvalue weighted by Gasteiger charge is -2.51. The third-order valence-corrected chi connectivity index (χ3v) is 12.2. The quantitative estimate of drug-likeness (QED) is 0.164. The molecule has 16 heteroatoms. The number of nitrogens with zero attached hydrogens (tertiary/aromatic N) is 3. The maximum atomic E-state index is 15.1. The first kappa shape index (κ1) is 43.7. The van der Waals surface area contributed by atoms with Crippen molar-refractivity contribution in [1.82, 2.24) is 14.8 Å². The highest BCUT2D eigenvalue weighted by Gasteiger charge is 2.56. The van der Waals surface area contributed by atoms with Gasteiger partial charge in [-0.25, -0.2) is 0 Å². The highest BCUT2D eigenvalue weighted by Crippen LogP contribution is 2.46. The van der Waals surface area contributed by atoms with Crippen LogP contribution in [0.4, 0.5) is 26.3 Å². The van der Waals surface area contributed by atoms with Crippen LogP contribution in [0.15, 0.2) is 66.9 Å². The zero-order valence-electron chi connectivity index (χ0n) is 33.0. The zero-order chi connectivity index (χ0) is 42.8. The number of piperidine rings is 2. The van der Waals surface area contributed by atoms with Gasteiger partial charge in [-0.15, -0.1) is 0 Å². The molecule has 320 valence electrons. The molecule has 1 aromatic heterocycles. The van der Waals surface area contributed by atoms with Crippen LogP contribution in [0.3, 0.4) is 0 Å². The van der Waals surface area contributed by atoms with E-state index in [2.05, 4.69) is 4.98 Å². The van der Waals surface area contributed by atoms with Gasteiger partial charge < -0.3 is 29.5 Å². The van der Waals surface area contributed by atoms with E-state index in [1.807, 2.05) is 6.92 Å². The molecule has 3 heterocycles. The number of likely N-dealkylation sites (tertiary alicyclic amines) is 2. The van der Waals surface area contributed by atoms with Crippen LogP contribution >= 0.6 is 0 Å². The molecule has 1 aliphatic carbocycles. The molecule has 2 aromatic carbocycles. The number of amides is 2. The van der Waals surface area contributed by atoms with Crippen molar-refractivity contribution < 1.29 is 60.4 Å². The SMILES string of the molecule is CCC[C@H]1N(C(=O)c2ncccc2C(F)(F)F)CCC[C@@]1(Oc1ccc(C(F)(F)F)cc1)C(=O)N1CCC(O)(c2ccccc2OC(C)CCC2(C(=O)O)CCC2)CC1. The Morgan fingerprint density at radius 3 is 2.15 bits per heavy atom. The van der Waals surface area contributed by atoms with Gasteiger partial charge in [0, 0.05) is 37.8 Å².